The normalized spacial score (nSPS) is 17.7. The fraction of sp³-hybridized carbons (Fsp3) is 1.00. The second kappa shape index (κ2) is 7.22. The highest BCUT2D eigenvalue weighted by atomic mass is 31.2. The molecule has 0 bridgehead atoms. The molecule has 0 heterocycles. The monoisotopic (exact) mass is 458 g/mol. The summed E-state index contributed by atoms with van der Waals surface area (Å²) in [5.41, 5.74) is 0. The first kappa shape index (κ1) is 26.2. The number of alkyl halides is 13. The molecule has 0 spiro atoms. The quantitative estimate of drug-likeness (QED) is 0.396. The van der Waals surface area contributed by atoms with Crippen LogP contribution >= 0.6 is 7.82 Å². The lowest BCUT2D eigenvalue weighted by atomic mass is 9.93. The molecule has 0 aromatic carbocycles. The highest BCUT2D eigenvalue weighted by molar-refractivity contribution is 7.47. The molecule has 0 aromatic heterocycles. The molecular weight excluding hydrogens is 450 g/mol. The zero-order valence-electron chi connectivity index (χ0n) is 12.4. The fourth-order valence-electron chi connectivity index (χ4n) is 1.30. The molecule has 1 N–H and O–H groups in total. The van der Waals surface area contributed by atoms with Gasteiger partial charge in [-0.15, -0.1) is 0 Å². The number of halogens is 13. The molecule has 0 rings (SSSR count). The molecule has 1 unspecified atom stereocenters. The van der Waals surface area contributed by atoms with Crippen molar-refractivity contribution < 1.29 is 75.6 Å². The van der Waals surface area contributed by atoms with Gasteiger partial charge in [-0.2, -0.15) is 57.1 Å². The van der Waals surface area contributed by atoms with Crippen molar-refractivity contribution in [3.05, 3.63) is 0 Å². The third-order valence-electron chi connectivity index (χ3n) is 2.90. The van der Waals surface area contributed by atoms with Gasteiger partial charge < -0.3 is 4.89 Å². The van der Waals surface area contributed by atoms with E-state index in [2.05, 4.69) is 9.05 Å². The lowest BCUT2D eigenvalue weighted by molar-refractivity contribution is -0.440. The van der Waals surface area contributed by atoms with E-state index in [9.17, 15) is 61.6 Å². The highest BCUT2D eigenvalue weighted by Crippen LogP contribution is 2.60. The molecule has 0 aliphatic carbocycles. The molecule has 0 saturated heterocycles. The molecule has 0 aliphatic heterocycles. The van der Waals surface area contributed by atoms with Gasteiger partial charge in [-0.05, 0) is 0 Å². The predicted octanol–water partition coefficient (Wildman–Crippen LogP) is 4.88. The largest absolute Gasteiger partial charge is 0.471 e. The summed E-state index contributed by atoms with van der Waals surface area (Å²) in [6.45, 7) is -2.03. The maximum absolute atomic E-state index is 13.2. The summed E-state index contributed by atoms with van der Waals surface area (Å²) < 4.78 is 183. The number of hydrogen-bond donors (Lipinski definition) is 1. The Bertz CT molecular complexity index is 573. The molecule has 18 heteroatoms. The van der Waals surface area contributed by atoms with Crippen molar-refractivity contribution in [3.8, 4) is 0 Å². The van der Waals surface area contributed by atoms with Gasteiger partial charge in [0.2, 0.25) is 0 Å². The number of rotatable bonds is 9. The highest BCUT2D eigenvalue weighted by Gasteiger charge is 2.90. The third kappa shape index (κ3) is 4.45. The van der Waals surface area contributed by atoms with Crippen LogP contribution < -0.4 is 0 Å². The SMILES string of the molecule is COP(=O)(O)OCCC(F)(F)C(F)(F)C(F)(F)C(F)(F)C(F)(F)C(F)(F)F. The van der Waals surface area contributed by atoms with Crippen LogP contribution in [0.3, 0.4) is 0 Å². The molecular formula is C9H8F13O4P. The molecule has 0 radical (unpaired) electrons. The van der Waals surface area contributed by atoms with Crippen LogP contribution in [0, 0.1) is 0 Å². The molecule has 4 nitrogen and oxygen atoms in total. The van der Waals surface area contributed by atoms with Gasteiger partial charge in [0.05, 0.1) is 6.61 Å². The van der Waals surface area contributed by atoms with Gasteiger partial charge in [0.15, 0.2) is 0 Å². The van der Waals surface area contributed by atoms with E-state index < -0.39 is 56.6 Å². The van der Waals surface area contributed by atoms with Crippen LogP contribution in [0.2, 0.25) is 0 Å². The van der Waals surface area contributed by atoms with Crippen molar-refractivity contribution >= 4 is 7.82 Å². The molecule has 0 aliphatic rings. The van der Waals surface area contributed by atoms with Crippen LogP contribution in [0.15, 0.2) is 0 Å². The van der Waals surface area contributed by atoms with Crippen molar-refractivity contribution in [2.45, 2.75) is 42.2 Å². The minimum absolute atomic E-state index is 0.446. The Morgan fingerprint density at radius 3 is 1.44 bits per heavy atom. The second-order valence-electron chi connectivity index (χ2n) is 4.73. The third-order valence-corrected chi connectivity index (χ3v) is 3.87. The Labute approximate surface area is 140 Å². The van der Waals surface area contributed by atoms with Crippen molar-refractivity contribution in [2.75, 3.05) is 13.7 Å². The summed E-state index contributed by atoms with van der Waals surface area (Å²) in [6, 6.07) is 0. The van der Waals surface area contributed by atoms with Gasteiger partial charge in [-0.25, -0.2) is 4.57 Å². The van der Waals surface area contributed by atoms with Crippen molar-refractivity contribution in [1.82, 2.24) is 0 Å². The Balaban J connectivity index is 5.84. The van der Waals surface area contributed by atoms with E-state index in [-0.39, 0.29) is 0 Å². The lowest BCUT2D eigenvalue weighted by Gasteiger charge is -2.39. The van der Waals surface area contributed by atoms with E-state index in [1.807, 2.05) is 0 Å². The van der Waals surface area contributed by atoms with Crippen LogP contribution in [0.5, 0.6) is 0 Å². The lowest BCUT2D eigenvalue weighted by Crippen LogP contribution is -2.70. The van der Waals surface area contributed by atoms with Crippen LogP contribution in [0.25, 0.3) is 0 Å². The summed E-state index contributed by atoms with van der Waals surface area (Å²) in [6.07, 6.45) is -10.2. The Kier molecular flexibility index (Phi) is 7.01. The fourth-order valence-corrected chi connectivity index (χ4v) is 1.73. The number of phosphoric ester groups is 1. The standard InChI is InChI=1S/C9H8F13O4P/c1-25-27(23,24)26-3-2-4(10,11)5(12,13)6(14,15)7(16,17)8(18,19)9(20,21)22/h2-3H2,1H3,(H,23,24). The van der Waals surface area contributed by atoms with Gasteiger partial charge in [0.25, 0.3) is 0 Å². The van der Waals surface area contributed by atoms with E-state index in [4.69, 9.17) is 4.89 Å². The summed E-state index contributed by atoms with van der Waals surface area (Å²) in [4.78, 5) is 8.59. The first-order valence-electron chi connectivity index (χ1n) is 6.00. The van der Waals surface area contributed by atoms with Gasteiger partial charge in [-0.3, -0.25) is 9.05 Å². The molecule has 27 heavy (non-hydrogen) atoms. The average molecular weight is 458 g/mol. The van der Waals surface area contributed by atoms with E-state index in [1.165, 1.54) is 0 Å². The minimum Gasteiger partial charge on any atom is -0.303 e. The maximum Gasteiger partial charge on any atom is 0.471 e. The molecule has 164 valence electrons. The predicted molar refractivity (Wildman–Crippen MR) is 58.2 cm³/mol. The van der Waals surface area contributed by atoms with Gasteiger partial charge in [0, 0.05) is 13.5 Å². The molecule has 1 atom stereocenters. The number of hydrogen-bond acceptors (Lipinski definition) is 3. The zero-order valence-corrected chi connectivity index (χ0v) is 13.3. The molecule has 0 aromatic rings. The van der Waals surface area contributed by atoms with Crippen LogP contribution in [0.4, 0.5) is 57.1 Å². The van der Waals surface area contributed by atoms with Gasteiger partial charge in [-0.1, -0.05) is 0 Å². The van der Waals surface area contributed by atoms with E-state index >= 15 is 0 Å². The van der Waals surface area contributed by atoms with Crippen molar-refractivity contribution in [2.24, 2.45) is 0 Å². The Hall–Kier alpha value is -0.800. The van der Waals surface area contributed by atoms with E-state index in [0.717, 1.165) is 0 Å². The molecule has 0 amide bonds. The van der Waals surface area contributed by atoms with E-state index in [1.54, 1.807) is 0 Å². The Morgan fingerprint density at radius 1 is 0.741 bits per heavy atom. The smallest absolute Gasteiger partial charge is 0.303 e. The zero-order chi connectivity index (χ0) is 22.3. The van der Waals surface area contributed by atoms with Crippen molar-refractivity contribution in [1.29, 1.82) is 0 Å². The van der Waals surface area contributed by atoms with Crippen LogP contribution in [-0.2, 0) is 13.6 Å². The van der Waals surface area contributed by atoms with Crippen LogP contribution in [0.1, 0.15) is 6.42 Å². The summed E-state index contributed by atoms with van der Waals surface area (Å²) >= 11 is 0. The minimum atomic E-state index is -8.00. The van der Waals surface area contributed by atoms with E-state index in [0.29, 0.717) is 7.11 Å². The van der Waals surface area contributed by atoms with Crippen LogP contribution in [-0.4, -0.2) is 54.4 Å². The average Bonchev–Trinajstić information content (AvgIpc) is 2.44. The second-order valence-corrected chi connectivity index (χ2v) is 6.29. The molecule has 0 saturated carbocycles. The Morgan fingerprint density at radius 2 is 1.11 bits per heavy atom. The topological polar surface area (TPSA) is 55.8 Å². The maximum atomic E-state index is 13.2. The van der Waals surface area contributed by atoms with Crippen molar-refractivity contribution in [3.63, 3.8) is 0 Å². The summed E-state index contributed by atoms with van der Waals surface area (Å²) in [5, 5.41) is 0. The van der Waals surface area contributed by atoms with Gasteiger partial charge >= 0.3 is 43.6 Å². The molecule has 0 fully saturated rings. The first-order valence-corrected chi connectivity index (χ1v) is 7.50. The summed E-state index contributed by atoms with van der Waals surface area (Å²) in [7, 11) is -4.67. The first-order chi connectivity index (χ1) is 11.5. The number of phosphoric acid groups is 1. The summed E-state index contributed by atoms with van der Waals surface area (Å²) in [5.74, 6) is -37.6. The van der Waals surface area contributed by atoms with Gasteiger partial charge in [0.1, 0.15) is 0 Å².